The summed E-state index contributed by atoms with van der Waals surface area (Å²) in [5.74, 6) is 0.567. The molecule has 1 aliphatic carbocycles. The molecule has 6 nitrogen and oxygen atoms in total. The number of fused-ring (bicyclic) bond motifs is 1. The lowest BCUT2D eigenvalue weighted by Crippen LogP contribution is -2.25. The van der Waals surface area contributed by atoms with E-state index in [1.807, 2.05) is 50.4 Å². The summed E-state index contributed by atoms with van der Waals surface area (Å²) in [6.07, 6.45) is 3.30. The first-order valence-electron chi connectivity index (χ1n) is 10.2. The Bertz CT molecular complexity index is 1320. The second kappa shape index (κ2) is 8.87. The molecule has 1 atom stereocenters. The summed E-state index contributed by atoms with van der Waals surface area (Å²) < 4.78 is 32.3. The molecule has 1 aromatic heterocycles. The van der Waals surface area contributed by atoms with E-state index in [9.17, 15) is 13.7 Å². The Labute approximate surface area is 192 Å². The third-order valence-corrected chi connectivity index (χ3v) is 7.41. The SMILES string of the molecule is C=CS(=O)(=O)N[C@@H]1CCc2c(-c3cnc(-c4ccc(OC(C)C)c(C#N)c4)s3)cccc21. The van der Waals surface area contributed by atoms with Crippen molar-refractivity contribution in [2.75, 3.05) is 0 Å². The smallest absolute Gasteiger partial charge is 0.233 e. The highest BCUT2D eigenvalue weighted by atomic mass is 32.2. The molecule has 32 heavy (non-hydrogen) atoms. The van der Waals surface area contributed by atoms with E-state index in [0.29, 0.717) is 17.7 Å². The number of nitrogens with zero attached hydrogens (tertiary/aromatic N) is 2. The number of aromatic nitrogens is 1. The number of hydrogen-bond donors (Lipinski definition) is 1. The Hall–Kier alpha value is -2.99. The molecule has 0 fully saturated rings. The molecule has 1 aliphatic rings. The summed E-state index contributed by atoms with van der Waals surface area (Å²) >= 11 is 1.55. The van der Waals surface area contributed by atoms with Crippen LogP contribution in [0.4, 0.5) is 0 Å². The average Bonchev–Trinajstić information content (AvgIpc) is 3.41. The maximum atomic E-state index is 11.9. The van der Waals surface area contributed by atoms with Gasteiger partial charge < -0.3 is 4.74 Å². The van der Waals surface area contributed by atoms with E-state index in [4.69, 9.17) is 4.74 Å². The largest absolute Gasteiger partial charge is 0.490 e. The van der Waals surface area contributed by atoms with Crippen molar-refractivity contribution in [3.63, 3.8) is 0 Å². The first-order valence-corrected chi connectivity index (χ1v) is 12.6. The first kappa shape index (κ1) is 22.2. The average molecular weight is 466 g/mol. The highest BCUT2D eigenvalue weighted by Crippen LogP contribution is 2.41. The van der Waals surface area contributed by atoms with Gasteiger partial charge in [-0.25, -0.2) is 18.1 Å². The molecule has 0 unspecified atom stereocenters. The van der Waals surface area contributed by atoms with Crippen LogP contribution in [0.1, 0.15) is 43.0 Å². The molecule has 0 bridgehead atoms. The summed E-state index contributed by atoms with van der Waals surface area (Å²) in [5, 5.41) is 11.3. The molecule has 3 aromatic rings. The monoisotopic (exact) mass is 465 g/mol. The Morgan fingerprint density at radius 2 is 2.16 bits per heavy atom. The van der Waals surface area contributed by atoms with Crippen molar-refractivity contribution in [3.05, 3.63) is 71.3 Å². The summed E-state index contributed by atoms with van der Waals surface area (Å²) in [5.41, 5.74) is 4.53. The normalized spacial score (nSPS) is 15.4. The molecular weight excluding hydrogens is 442 g/mol. The Balaban J connectivity index is 1.65. The molecule has 164 valence electrons. The zero-order chi connectivity index (χ0) is 22.9. The lowest BCUT2D eigenvalue weighted by Gasteiger charge is -2.13. The number of hydrogen-bond acceptors (Lipinski definition) is 6. The quantitative estimate of drug-likeness (QED) is 0.519. The summed E-state index contributed by atoms with van der Waals surface area (Å²) in [6.45, 7) is 7.22. The van der Waals surface area contributed by atoms with Gasteiger partial charge in [0.15, 0.2) is 0 Å². The third-order valence-electron chi connectivity index (χ3n) is 5.28. The molecule has 2 aromatic carbocycles. The van der Waals surface area contributed by atoms with Gasteiger partial charge in [-0.2, -0.15) is 5.26 Å². The number of nitrogens with one attached hydrogen (secondary N) is 1. The molecule has 1 heterocycles. The van der Waals surface area contributed by atoms with Crippen molar-refractivity contribution in [1.82, 2.24) is 9.71 Å². The highest BCUT2D eigenvalue weighted by molar-refractivity contribution is 7.92. The molecular formula is C24H23N3O3S2. The van der Waals surface area contributed by atoms with Crippen LogP contribution >= 0.6 is 11.3 Å². The molecule has 0 aliphatic heterocycles. The minimum absolute atomic E-state index is 0.0145. The van der Waals surface area contributed by atoms with Crippen molar-refractivity contribution < 1.29 is 13.2 Å². The van der Waals surface area contributed by atoms with E-state index >= 15 is 0 Å². The van der Waals surface area contributed by atoms with Gasteiger partial charge in [-0.3, -0.25) is 0 Å². The minimum Gasteiger partial charge on any atom is -0.490 e. The predicted molar refractivity (Wildman–Crippen MR) is 127 cm³/mol. The van der Waals surface area contributed by atoms with Crippen LogP contribution < -0.4 is 9.46 Å². The number of rotatable bonds is 7. The van der Waals surface area contributed by atoms with E-state index in [-0.39, 0.29) is 12.1 Å². The maximum Gasteiger partial charge on any atom is 0.233 e. The van der Waals surface area contributed by atoms with E-state index < -0.39 is 10.0 Å². The van der Waals surface area contributed by atoms with Crippen molar-refractivity contribution in [3.8, 4) is 32.8 Å². The lowest BCUT2D eigenvalue weighted by atomic mass is 10.0. The van der Waals surface area contributed by atoms with Gasteiger partial charge in [0.25, 0.3) is 0 Å². The van der Waals surface area contributed by atoms with Crippen LogP contribution in [0.2, 0.25) is 0 Å². The second-order valence-electron chi connectivity index (χ2n) is 7.81. The van der Waals surface area contributed by atoms with Gasteiger partial charge in [-0.1, -0.05) is 24.8 Å². The second-order valence-corrected chi connectivity index (χ2v) is 10.5. The third kappa shape index (κ3) is 4.46. The summed E-state index contributed by atoms with van der Waals surface area (Å²) in [7, 11) is -3.51. The van der Waals surface area contributed by atoms with Crippen LogP contribution in [-0.2, 0) is 16.4 Å². The topological polar surface area (TPSA) is 92.1 Å². The van der Waals surface area contributed by atoms with Gasteiger partial charge in [-0.05, 0) is 61.6 Å². The van der Waals surface area contributed by atoms with Crippen LogP contribution in [0.15, 0.2) is 54.6 Å². The molecule has 1 N–H and O–H groups in total. The fourth-order valence-corrected chi connectivity index (χ4v) is 5.60. The molecule has 0 amide bonds. The standard InChI is InChI=1S/C24H23N3O3S2/c1-4-32(28,29)27-21-10-9-18-19(21)6-5-7-20(18)23-14-26-24(31-23)16-8-11-22(30-15(2)3)17(12-16)13-25/h4-8,11-12,14-15,21,27H,1,9-10H2,2-3H3/t21-/m1/s1. The number of thiazole rings is 1. The van der Waals surface area contributed by atoms with Crippen LogP contribution in [0.3, 0.4) is 0 Å². The van der Waals surface area contributed by atoms with Crippen molar-refractivity contribution in [2.24, 2.45) is 0 Å². The highest BCUT2D eigenvalue weighted by Gasteiger charge is 2.28. The number of ether oxygens (including phenoxy) is 1. The predicted octanol–water partition coefficient (Wildman–Crippen LogP) is 5.19. The first-order chi connectivity index (χ1) is 15.3. The summed E-state index contributed by atoms with van der Waals surface area (Å²) in [4.78, 5) is 5.59. The van der Waals surface area contributed by atoms with Crippen LogP contribution in [0, 0.1) is 11.3 Å². The van der Waals surface area contributed by atoms with E-state index in [1.165, 1.54) is 0 Å². The molecule has 0 saturated carbocycles. The molecule has 0 radical (unpaired) electrons. The van der Waals surface area contributed by atoms with Gasteiger partial charge >= 0.3 is 0 Å². The Morgan fingerprint density at radius 3 is 2.88 bits per heavy atom. The van der Waals surface area contributed by atoms with Gasteiger partial charge in [0, 0.05) is 23.2 Å². The van der Waals surface area contributed by atoms with Gasteiger partial charge in [0.2, 0.25) is 10.0 Å². The van der Waals surface area contributed by atoms with Crippen LogP contribution in [-0.4, -0.2) is 19.5 Å². The molecule has 0 spiro atoms. The number of nitriles is 1. The molecule has 8 heteroatoms. The van der Waals surface area contributed by atoms with E-state index in [1.54, 1.807) is 17.4 Å². The van der Waals surface area contributed by atoms with Crippen molar-refractivity contribution >= 4 is 21.4 Å². The van der Waals surface area contributed by atoms with Gasteiger partial charge in [0.1, 0.15) is 16.8 Å². The zero-order valence-corrected chi connectivity index (χ0v) is 19.5. The van der Waals surface area contributed by atoms with Crippen molar-refractivity contribution in [1.29, 1.82) is 5.26 Å². The molecule has 0 saturated heterocycles. The number of benzene rings is 2. The van der Waals surface area contributed by atoms with Gasteiger partial charge in [0.05, 0.1) is 16.5 Å². The fraction of sp³-hybridized carbons (Fsp3) is 0.250. The lowest BCUT2D eigenvalue weighted by molar-refractivity contribution is 0.242. The van der Waals surface area contributed by atoms with Crippen molar-refractivity contribution in [2.45, 2.75) is 38.8 Å². The van der Waals surface area contributed by atoms with Crippen LogP contribution in [0.5, 0.6) is 5.75 Å². The zero-order valence-electron chi connectivity index (χ0n) is 17.8. The maximum absolute atomic E-state index is 11.9. The Morgan fingerprint density at radius 1 is 1.34 bits per heavy atom. The van der Waals surface area contributed by atoms with Crippen LogP contribution in [0.25, 0.3) is 21.0 Å². The van der Waals surface area contributed by atoms with E-state index in [0.717, 1.165) is 44.0 Å². The molecule has 4 rings (SSSR count). The Kier molecular flexibility index (Phi) is 6.15. The fourth-order valence-electron chi connectivity index (χ4n) is 3.89. The van der Waals surface area contributed by atoms with Gasteiger partial charge in [-0.15, -0.1) is 11.3 Å². The van der Waals surface area contributed by atoms with E-state index in [2.05, 4.69) is 22.4 Å². The number of sulfonamides is 1. The summed E-state index contributed by atoms with van der Waals surface area (Å²) in [6, 6.07) is 13.4. The minimum atomic E-state index is -3.51.